The molecule has 0 spiro atoms. The van der Waals surface area contributed by atoms with Crippen LogP contribution in [0.4, 0.5) is 5.69 Å². The SMILES string of the molecule is COc1ccc(NS(=O)(=O)c2ccc(OCC(=O)O)cc2)cc1. The first-order chi connectivity index (χ1) is 10.9. The number of anilines is 1. The van der Waals surface area contributed by atoms with Gasteiger partial charge in [-0.1, -0.05) is 0 Å². The smallest absolute Gasteiger partial charge is 0.341 e. The summed E-state index contributed by atoms with van der Waals surface area (Å²) in [6, 6.07) is 11.9. The number of carbonyl (C=O) groups is 1. The number of hydrogen-bond acceptors (Lipinski definition) is 5. The van der Waals surface area contributed by atoms with Gasteiger partial charge in [-0.3, -0.25) is 4.72 Å². The van der Waals surface area contributed by atoms with Gasteiger partial charge in [-0.15, -0.1) is 0 Å². The van der Waals surface area contributed by atoms with E-state index in [1.54, 1.807) is 24.3 Å². The standard InChI is InChI=1S/C15H15NO6S/c1-21-12-4-2-11(3-5-12)16-23(19,20)14-8-6-13(7-9-14)22-10-15(17)18/h2-9,16H,10H2,1H3,(H,17,18). The van der Waals surface area contributed by atoms with E-state index in [-0.39, 0.29) is 10.6 Å². The van der Waals surface area contributed by atoms with Crippen molar-refractivity contribution in [2.45, 2.75) is 4.90 Å². The highest BCUT2D eigenvalue weighted by Gasteiger charge is 2.14. The molecule has 0 saturated heterocycles. The number of aliphatic carboxylic acids is 1. The van der Waals surface area contributed by atoms with Crippen molar-refractivity contribution >= 4 is 21.7 Å². The maximum absolute atomic E-state index is 12.3. The summed E-state index contributed by atoms with van der Waals surface area (Å²) in [5.41, 5.74) is 0.400. The minimum absolute atomic E-state index is 0.0380. The van der Waals surface area contributed by atoms with Crippen LogP contribution in [0.3, 0.4) is 0 Å². The number of rotatable bonds is 7. The van der Waals surface area contributed by atoms with E-state index in [0.29, 0.717) is 11.4 Å². The number of carboxylic acid groups (broad SMARTS) is 1. The van der Waals surface area contributed by atoms with Crippen molar-refractivity contribution in [2.24, 2.45) is 0 Å². The topological polar surface area (TPSA) is 102 Å². The fourth-order valence-corrected chi connectivity index (χ4v) is 2.79. The Labute approximate surface area is 133 Å². The third kappa shape index (κ3) is 4.62. The Morgan fingerprint density at radius 3 is 2.13 bits per heavy atom. The lowest BCUT2D eigenvalue weighted by atomic mass is 10.3. The maximum atomic E-state index is 12.3. The molecule has 8 heteroatoms. The van der Waals surface area contributed by atoms with Crippen molar-refractivity contribution in [1.82, 2.24) is 0 Å². The molecule has 23 heavy (non-hydrogen) atoms. The van der Waals surface area contributed by atoms with Gasteiger partial charge in [0, 0.05) is 5.69 Å². The van der Waals surface area contributed by atoms with Crippen molar-refractivity contribution in [3.05, 3.63) is 48.5 Å². The number of sulfonamides is 1. The van der Waals surface area contributed by atoms with Gasteiger partial charge >= 0.3 is 5.97 Å². The highest BCUT2D eigenvalue weighted by molar-refractivity contribution is 7.92. The number of benzene rings is 2. The maximum Gasteiger partial charge on any atom is 0.341 e. The second kappa shape index (κ2) is 7.01. The predicted octanol–water partition coefficient (Wildman–Crippen LogP) is 1.96. The Bertz CT molecular complexity index is 769. The molecule has 0 fully saturated rings. The van der Waals surface area contributed by atoms with Gasteiger partial charge in [0.25, 0.3) is 10.0 Å². The van der Waals surface area contributed by atoms with Gasteiger partial charge in [0.1, 0.15) is 11.5 Å². The molecule has 7 nitrogen and oxygen atoms in total. The Morgan fingerprint density at radius 2 is 1.61 bits per heavy atom. The molecule has 0 aliphatic carbocycles. The molecule has 2 N–H and O–H groups in total. The summed E-state index contributed by atoms with van der Waals surface area (Å²) in [4.78, 5) is 10.4. The Kier molecular flexibility index (Phi) is 5.07. The van der Waals surface area contributed by atoms with Crippen LogP contribution in [0.1, 0.15) is 0 Å². The van der Waals surface area contributed by atoms with E-state index < -0.39 is 22.6 Å². The second-order valence-corrected chi connectivity index (χ2v) is 6.17. The zero-order valence-electron chi connectivity index (χ0n) is 12.2. The summed E-state index contributed by atoms with van der Waals surface area (Å²) < 4.78 is 36.9. The summed E-state index contributed by atoms with van der Waals surface area (Å²) in [7, 11) is -2.22. The lowest BCUT2D eigenvalue weighted by Crippen LogP contribution is -2.13. The molecule has 0 bridgehead atoms. The third-order valence-corrected chi connectivity index (χ3v) is 4.24. The largest absolute Gasteiger partial charge is 0.497 e. The molecule has 0 unspecified atom stereocenters. The van der Waals surface area contributed by atoms with Crippen LogP contribution in [0.2, 0.25) is 0 Å². The highest BCUT2D eigenvalue weighted by Crippen LogP contribution is 2.21. The lowest BCUT2D eigenvalue weighted by molar-refractivity contribution is -0.139. The van der Waals surface area contributed by atoms with E-state index in [0.717, 1.165) is 0 Å². The molecule has 0 aliphatic rings. The Hall–Kier alpha value is -2.74. The molecule has 0 amide bonds. The molecule has 0 aromatic heterocycles. The van der Waals surface area contributed by atoms with Gasteiger partial charge in [-0.05, 0) is 48.5 Å². The summed E-state index contributed by atoms with van der Waals surface area (Å²) in [5.74, 6) is -0.216. The van der Waals surface area contributed by atoms with Crippen LogP contribution in [0.5, 0.6) is 11.5 Å². The molecular formula is C15H15NO6S. The normalized spacial score (nSPS) is 10.8. The molecule has 2 aromatic rings. The molecule has 2 aromatic carbocycles. The van der Waals surface area contributed by atoms with E-state index >= 15 is 0 Å². The summed E-state index contributed by atoms with van der Waals surface area (Å²) in [5, 5.41) is 8.52. The van der Waals surface area contributed by atoms with Crippen LogP contribution in [0.25, 0.3) is 0 Å². The molecule has 0 heterocycles. The van der Waals surface area contributed by atoms with E-state index in [2.05, 4.69) is 4.72 Å². The number of carboxylic acids is 1. The molecule has 2 rings (SSSR count). The summed E-state index contributed by atoms with van der Waals surface area (Å²) in [6.45, 7) is -0.490. The fraction of sp³-hybridized carbons (Fsp3) is 0.133. The average molecular weight is 337 g/mol. The van der Waals surface area contributed by atoms with Gasteiger partial charge in [0.2, 0.25) is 0 Å². The monoisotopic (exact) mass is 337 g/mol. The van der Waals surface area contributed by atoms with Gasteiger partial charge in [0.15, 0.2) is 6.61 Å². The van der Waals surface area contributed by atoms with Crippen LogP contribution in [-0.2, 0) is 14.8 Å². The second-order valence-electron chi connectivity index (χ2n) is 4.49. The van der Waals surface area contributed by atoms with Crippen LogP contribution in [0.15, 0.2) is 53.4 Å². The van der Waals surface area contributed by atoms with E-state index in [9.17, 15) is 13.2 Å². The Balaban J connectivity index is 2.10. The molecule has 0 aliphatic heterocycles. The highest BCUT2D eigenvalue weighted by atomic mass is 32.2. The van der Waals surface area contributed by atoms with E-state index in [1.807, 2.05) is 0 Å². The van der Waals surface area contributed by atoms with Gasteiger partial charge < -0.3 is 14.6 Å². The Morgan fingerprint density at radius 1 is 1.04 bits per heavy atom. The van der Waals surface area contributed by atoms with Crippen LogP contribution < -0.4 is 14.2 Å². The number of methoxy groups -OCH3 is 1. The molecule has 0 atom stereocenters. The number of nitrogens with one attached hydrogen (secondary N) is 1. The van der Waals surface area contributed by atoms with Crippen LogP contribution >= 0.6 is 0 Å². The first kappa shape index (κ1) is 16.6. The van der Waals surface area contributed by atoms with Gasteiger partial charge in [-0.25, -0.2) is 13.2 Å². The first-order valence-electron chi connectivity index (χ1n) is 6.52. The average Bonchev–Trinajstić information content (AvgIpc) is 2.53. The van der Waals surface area contributed by atoms with Gasteiger partial charge in [0.05, 0.1) is 12.0 Å². The lowest BCUT2D eigenvalue weighted by Gasteiger charge is -2.09. The van der Waals surface area contributed by atoms with Crippen molar-refractivity contribution in [1.29, 1.82) is 0 Å². The van der Waals surface area contributed by atoms with E-state index in [4.69, 9.17) is 14.6 Å². The van der Waals surface area contributed by atoms with E-state index in [1.165, 1.54) is 31.4 Å². The number of ether oxygens (including phenoxy) is 2. The zero-order valence-corrected chi connectivity index (χ0v) is 13.0. The van der Waals surface area contributed by atoms with Crippen molar-refractivity contribution in [2.75, 3.05) is 18.4 Å². The molecule has 0 saturated carbocycles. The van der Waals surface area contributed by atoms with Crippen molar-refractivity contribution in [3.8, 4) is 11.5 Å². The minimum atomic E-state index is -3.74. The van der Waals surface area contributed by atoms with Crippen molar-refractivity contribution in [3.63, 3.8) is 0 Å². The summed E-state index contributed by atoms with van der Waals surface area (Å²) >= 11 is 0. The molecule has 122 valence electrons. The zero-order chi connectivity index (χ0) is 16.9. The van der Waals surface area contributed by atoms with Gasteiger partial charge in [-0.2, -0.15) is 0 Å². The third-order valence-electron chi connectivity index (χ3n) is 2.84. The molecular weight excluding hydrogens is 322 g/mol. The van der Waals surface area contributed by atoms with Crippen molar-refractivity contribution < 1.29 is 27.8 Å². The minimum Gasteiger partial charge on any atom is -0.497 e. The number of hydrogen-bond donors (Lipinski definition) is 2. The first-order valence-corrected chi connectivity index (χ1v) is 8.00. The quantitative estimate of drug-likeness (QED) is 0.801. The van der Waals surface area contributed by atoms with Crippen LogP contribution in [0, 0.1) is 0 Å². The summed E-state index contributed by atoms with van der Waals surface area (Å²) in [6.07, 6.45) is 0. The van der Waals surface area contributed by atoms with Crippen LogP contribution in [-0.4, -0.2) is 33.2 Å². The molecule has 0 radical (unpaired) electrons. The fourth-order valence-electron chi connectivity index (χ4n) is 1.73. The predicted molar refractivity (Wildman–Crippen MR) is 83.4 cm³/mol.